The summed E-state index contributed by atoms with van der Waals surface area (Å²) in [6, 6.07) is 8.07. The molecule has 0 N–H and O–H groups in total. The van der Waals surface area contributed by atoms with Crippen molar-refractivity contribution in [2.45, 2.75) is 37.5 Å². The van der Waals surface area contributed by atoms with E-state index in [0.717, 1.165) is 24.2 Å². The van der Waals surface area contributed by atoms with Crippen LogP contribution in [0.1, 0.15) is 31.7 Å². The van der Waals surface area contributed by atoms with Crippen molar-refractivity contribution in [1.29, 1.82) is 0 Å². The number of unbranched alkanes of at least 4 members (excludes halogenated alkanes) is 2. The first kappa shape index (κ1) is 15.7. The molecular formula is C16H20O2S. The highest BCUT2D eigenvalue weighted by molar-refractivity contribution is 8.00. The van der Waals surface area contributed by atoms with Gasteiger partial charge in [-0.25, -0.2) is 0 Å². The lowest BCUT2D eigenvalue weighted by Gasteiger charge is -2.05. The summed E-state index contributed by atoms with van der Waals surface area (Å²) in [6.07, 6.45) is 4.05. The van der Waals surface area contributed by atoms with Crippen molar-refractivity contribution in [3.63, 3.8) is 0 Å². The molecule has 0 spiro atoms. The van der Waals surface area contributed by atoms with Crippen molar-refractivity contribution >= 4 is 17.7 Å². The normalized spacial score (nSPS) is 9.58. The third kappa shape index (κ3) is 6.35. The molecule has 3 heteroatoms. The van der Waals surface area contributed by atoms with Crippen LogP contribution in [0.5, 0.6) is 0 Å². The lowest BCUT2D eigenvalue weighted by molar-refractivity contribution is -0.137. The summed E-state index contributed by atoms with van der Waals surface area (Å²) in [5, 5.41) is 0. The molecule has 2 nitrogen and oxygen atoms in total. The first-order valence-electron chi connectivity index (χ1n) is 6.51. The van der Waals surface area contributed by atoms with Crippen LogP contribution in [-0.2, 0) is 16.0 Å². The van der Waals surface area contributed by atoms with Crippen LogP contribution in [-0.4, -0.2) is 18.8 Å². The number of methoxy groups -OCH3 is 1. The molecule has 0 unspecified atom stereocenters. The third-order valence-electron chi connectivity index (χ3n) is 2.60. The quantitative estimate of drug-likeness (QED) is 0.343. The van der Waals surface area contributed by atoms with Gasteiger partial charge in [0.05, 0.1) is 12.9 Å². The van der Waals surface area contributed by atoms with E-state index in [1.54, 1.807) is 0 Å². The number of benzene rings is 1. The van der Waals surface area contributed by atoms with Crippen LogP contribution in [0.25, 0.3) is 0 Å². The molecule has 0 fully saturated rings. The summed E-state index contributed by atoms with van der Waals surface area (Å²) in [5.74, 6) is 6.53. The van der Waals surface area contributed by atoms with Gasteiger partial charge >= 0.3 is 5.97 Å². The second kappa shape index (κ2) is 9.52. The van der Waals surface area contributed by atoms with E-state index in [9.17, 15) is 4.79 Å². The Bertz CT molecular complexity index is 457. The number of rotatable bonds is 6. The number of esters is 1. The van der Waals surface area contributed by atoms with Crippen LogP contribution >= 0.6 is 11.8 Å². The highest BCUT2D eigenvalue weighted by Gasteiger charge is 2.05. The monoisotopic (exact) mass is 276 g/mol. The zero-order valence-electron chi connectivity index (χ0n) is 11.6. The SMILES string of the molecule is CCCCC#CCc1ccccc1SCC(=O)OC. The Morgan fingerprint density at radius 3 is 2.84 bits per heavy atom. The third-order valence-corrected chi connectivity index (χ3v) is 3.69. The molecule has 1 rings (SSSR count). The Morgan fingerprint density at radius 2 is 2.11 bits per heavy atom. The molecule has 19 heavy (non-hydrogen) atoms. The minimum absolute atomic E-state index is 0.200. The molecule has 1 aromatic carbocycles. The van der Waals surface area contributed by atoms with Gasteiger partial charge in [0, 0.05) is 17.7 Å². The van der Waals surface area contributed by atoms with E-state index in [4.69, 9.17) is 0 Å². The molecule has 0 saturated heterocycles. The van der Waals surface area contributed by atoms with Gasteiger partial charge in [-0.2, -0.15) is 0 Å². The Morgan fingerprint density at radius 1 is 1.32 bits per heavy atom. The van der Waals surface area contributed by atoms with Gasteiger partial charge in [0.15, 0.2) is 0 Å². The Balaban J connectivity index is 2.56. The second-order valence-electron chi connectivity index (χ2n) is 4.11. The van der Waals surface area contributed by atoms with Crippen molar-refractivity contribution in [1.82, 2.24) is 0 Å². The van der Waals surface area contributed by atoms with E-state index in [1.165, 1.54) is 30.9 Å². The maximum Gasteiger partial charge on any atom is 0.315 e. The van der Waals surface area contributed by atoms with E-state index in [0.29, 0.717) is 5.75 Å². The van der Waals surface area contributed by atoms with Crippen molar-refractivity contribution < 1.29 is 9.53 Å². The van der Waals surface area contributed by atoms with Crippen LogP contribution in [0.3, 0.4) is 0 Å². The fourth-order valence-electron chi connectivity index (χ4n) is 1.50. The van der Waals surface area contributed by atoms with Crippen LogP contribution in [0.4, 0.5) is 0 Å². The van der Waals surface area contributed by atoms with Gasteiger partial charge in [-0.05, 0) is 18.1 Å². The summed E-state index contributed by atoms with van der Waals surface area (Å²) >= 11 is 1.51. The van der Waals surface area contributed by atoms with Crippen LogP contribution in [0, 0.1) is 11.8 Å². The summed E-state index contributed by atoms with van der Waals surface area (Å²) in [6.45, 7) is 2.17. The van der Waals surface area contributed by atoms with Crippen molar-refractivity contribution in [2.75, 3.05) is 12.9 Å². The van der Waals surface area contributed by atoms with Gasteiger partial charge in [-0.1, -0.05) is 37.5 Å². The van der Waals surface area contributed by atoms with Crippen LogP contribution in [0.2, 0.25) is 0 Å². The van der Waals surface area contributed by atoms with E-state index in [2.05, 4.69) is 29.6 Å². The fourth-order valence-corrected chi connectivity index (χ4v) is 2.39. The maximum absolute atomic E-state index is 11.2. The van der Waals surface area contributed by atoms with E-state index in [-0.39, 0.29) is 5.97 Å². The summed E-state index contributed by atoms with van der Waals surface area (Å²) in [7, 11) is 1.41. The molecule has 0 aliphatic heterocycles. The molecular weight excluding hydrogens is 256 g/mol. The first-order chi connectivity index (χ1) is 9.27. The standard InChI is InChI=1S/C16H20O2S/c1-3-4-5-6-7-10-14-11-8-9-12-15(14)19-13-16(17)18-2/h8-9,11-12H,3-5,10,13H2,1-2H3. The molecule has 0 heterocycles. The van der Waals surface area contributed by atoms with Gasteiger partial charge in [-0.15, -0.1) is 17.7 Å². The molecule has 0 saturated carbocycles. The minimum Gasteiger partial charge on any atom is -0.468 e. The molecule has 0 aliphatic carbocycles. The molecule has 0 bridgehead atoms. The minimum atomic E-state index is -0.200. The summed E-state index contributed by atoms with van der Waals surface area (Å²) in [4.78, 5) is 12.3. The van der Waals surface area contributed by atoms with Crippen LogP contribution in [0.15, 0.2) is 29.2 Å². The lowest BCUT2D eigenvalue weighted by Crippen LogP contribution is -2.03. The largest absolute Gasteiger partial charge is 0.468 e. The van der Waals surface area contributed by atoms with Crippen LogP contribution < -0.4 is 0 Å². The fraction of sp³-hybridized carbons (Fsp3) is 0.438. The van der Waals surface area contributed by atoms with Gasteiger partial charge in [-0.3, -0.25) is 4.79 Å². The Hall–Kier alpha value is -1.40. The summed E-state index contributed by atoms with van der Waals surface area (Å²) in [5.41, 5.74) is 1.18. The lowest BCUT2D eigenvalue weighted by atomic mass is 10.1. The second-order valence-corrected chi connectivity index (χ2v) is 5.12. The highest BCUT2D eigenvalue weighted by Crippen LogP contribution is 2.22. The number of carbonyl (C=O) groups is 1. The zero-order chi connectivity index (χ0) is 13.9. The van der Waals surface area contributed by atoms with Gasteiger partial charge < -0.3 is 4.74 Å². The molecule has 0 aliphatic rings. The number of thioether (sulfide) groups is 1. The number of hydrogen-bond donors (Lipinski definition) is 0. The molecule has 0 radical (unpaired) electrons. The average molecular weight is 276 g/mol. The van der Waals surface area contributed by atoms with Gasteiger partial charge in [0.2, 0.25) is 0 Å². The molecule has 0 atom stereocenters. The molecule has 0 amide bonds. The predicted molar refractivity (Wildman–Crippen MR) is 80.2 cm³/mol. The van der Waals surface area contributed by atoms with Crippen molar-refractivity contribution in [3.05, 3.63) is 29.8 Å². The Labute approximate surface area is 119 Å². The summed E-state index contributed by atoms with van der Waals surface area (Å²) < 4.78 is 4.65. The van der Waals surface area contributed by atoms with Crippen molar-refractivity contribution in [3.8, 4) is 11.8 Å². The number of carbonyl (C=O) groups excluding carboxylic acids is 1. The molecule has 102 valence electrons. The maximum atomic E-state index is 11.2. The van der Waals surface area contributed by atoms with Gasteiger partial charge in [0.1, 0.15) is 0 Å². The van der Waals surface area contributed by atoms with E-state index < -0.39 is 0 Å². The number of ether oxygens (including phenoxy) is 1. The zero-order valence-corrected chi connectivity index (χ0v) is 12.4. The topological polar surface area (TPSA) is 26.3 Å². The predicted octanol–water partition coefficient (Wildman–Crippen LogP) is 3.69. The van der Waals surface area contributed by atoms with E-state index in [1.807, 2.05) is 18.2 Å². The smallest absolute Gasteiger partial charge is 0.315 e. The molecule has 1 aromatic rings. The Kier molecular flexibility index (Phi) is 7.84. The average Bonchev–Trinajstić information content (AvgIpc) is 2.45. The first-order valence-corrected chi connectivity index (χ1v) is 7.49. The van der Waals surface area contributed by atoms with Crippen molar-refractivity contribution in [2.24, 2.45) is 0 Å². The van der Waals surface area contributed by atoms with Gasteiger partial charge in [0.25, 0.3) is 0 Å². The number of hydrogen-bond acceptors (Lipinski definition) is 3. The highest BCUT2D eigenvalue weighted by atomic mass is 32.2. The molecule has 0 aromatic heterocycles. The van der Waals surface area contributed by atoms with E-state index >= 15 is 0 Å².